The number of aryl methyl sites for hydroxylation is 1. The normalized spacial score (nSPS) is 14.6. The van der Waals surface area contributed by atoms with Crippen molar-refractivity contribution in [3.05, 3.63) is 73.4 Å². The van der Waals surface area contributed by atoms with Crippen LogP contribution in [0.15, 0.2) is 73.4 Å². The molecule has 2 amide bonds. The van der Waals surface area contributed by atoms with Crippen LogP contribution in [0.5, 0.6) is 11.6 Å². The van der Waals surface area contributed by atoms with E-state index >= 15 is 0 Å². The van der Waals surface area contributed by atoms with Gasteiger partial charge in [0.05, 0.1) is 16.8 Å². The minimum absolute atomic E-state index is 0.0139. The molecule has 234 valence electrons. The molecule has 1 aliphatic heterocycles. The molecule has 0 bridgehead atoms. The fourth-order valence-electron chi connectivity index (χ4n) is 5.14. The Balaban J connectivity index is 1.46. The average molecular weight is 612 g/mol. The Kier molecular flexibility index (Phi) is 9.14. The molecule has 1 unspecified atom stereocenters. The number of aliphatic carboxylic acids is 1. The Labute approximate surface area is 261 Å². The van der Waals surface area contributed by atoms with Crippen molar-refractivity contribution in [2.24, 2.45) is 5.41 Å². The quantitative estimate of drug-likeness (QED) is 0.156. The van der Waals surface area contributed by atoms with Gasteiger partial charge in [0, 0.05) is 49.3 Å². The number of hydrogen-bond acceptors (Lipinski definition) is 8. The van der Waals surface area contributed by atoms with Gasteiger partial charge in [-0.1, -0.05) is 12.6 Å². The van der Waals surface area contributed by atoms with E-state index in [0.717, 1.165) is 25.2 Å². The summed E-state index contributed by atoms with van der Waals surface area (Å²) in [5.41, 5.74) is 1.68. The van der Waals surface area contributed by atoms with Crippen molar-refractivity contribution in [1.82, 2.24) is 19.9 Å². The number of amides is 2. The van der Waals surface area contributed by atoms with Gasteiger partial charge in [-0.05, 0) is 81.8 Å². The minimum atomic E-state index is -0.926. The van der Waals surface area contributed by atoms with Crippen molar-refractivity contribution in [1.29, 1.82) is 0 Å². The highest BCUT2D eigenvalue weighted by molar-refractivity contribution is 5.99. The predicted molar refractivity (Wildman–Crippen MR) is 173 cm³/mol. The minimum Gasteiger partial charge on any atom is -0.481 e. The number of nitrogens with zero attached hydrogens (tertiary/aromatic N) is 4. The summed E-state index contributed by atoms with van der Waals surface area (Å²) in [7, 11) is 0. The summed E-state index contributed by atoms with van der Waals surface area (Å²) in [6.45, 7) is 10.5. The third kappa shape index (κ3) is 7.29. The molecule has 0 aliphatic carbocycles. The van der Waals surface area contributed by atoms with E-state index in [2.05, 4.69) is 27.5 Å². The number of nitrogens with one attached hydrogen (secondary N) is 3. The van der Waals surface area contributed by atoms with Gasteiger partial charge in [0.15, 0.2) is 0 Å². The number of carbonyl (C=O) groups is 3. The van der Waals surface area contributed by atoms with E-state index in [9.17, 15) is 19.5 Å². The van der Waals surface area contributed by atoms with Gasteiger partial charge in [0.1, 0.15) is 11.4 Å². The zero-order chi connectivity index (χ0) is 32.1. The van der Waals surface area contributed by atoms with Crippen LogP contribution in [0.25, 0.3) is 11.0 Å². The lowest BCUT2D eigenvalue weighted by atomic mass is 9.90. The number of hydrogen-bond donors (Lipinski definition) is 4. The van der Waals surface area contributed by atoms with E-state index in [-0.39, 0.29) is 29.7 Å². The molecule has 1 saturated heterocycles. The van der Waals surface area contributed by atoms with E-state index in [1.807, 2.05) is 46.0 Å². The van der Waals surface area contributed by atoms with Gasteiger partial charge in [0.2, 0.25) is 23.6 Å². The third-order valence-corrected chi connectivity index (χ3v) is 7.78. The first kappa shape index (κ1) is 31.2. The first-order valence-electron chi connectivity index (χ1n) is 14.7. The monoisotopic (exact) mass is 611 g/mol. The molecule has 3 heterocycles. The van der Waals surface area contributed by atoms with Crippen molar-refractivity contribution in [2.75, 3.05) is 28.6 Å². The van der Waals surface area contributed by atoms with Crippen LogP contribution in [0.2, 0.25) is 0 Å². The summed E-state index contributed by atoms with van der Waals surface area (Å²) in [4.78, 5) is 47.3. The summed E-state index contributed by atoms with van der Waals surface area (Å²) in [5.74, 6) is -0.250. The molecule has 12 nitrogen and oxygen atoms in total. The molecule has 5 rings (SSSR count). The maximum absolute atomic E-state index is 12.5. The first-order valence-corrected chi connectivity index (χ1v) is 14.7. The highest BCUT2D eigenvalue weighted by atomic mass is 16.5. The highest BCUT2D eigenvalue weighted by Crippen LogP contribution is 2.33. The van der Waals surface area contributed by atoms with E-state index in [1.165, 1.54) is 6.08 Å². The SMILES string of the molecule is C=CC(=O)Nc1cccc(Oc2nc(Nc3ccc(N(C(C)=O)C4CCNC4)cc3)nc3c2ccn3CCC(C)(C)C(=O)O)c1. The smallest absolute Gasteiger partial charge is 0.309 e. The highest BCUT2D eigenvalue weighted by Gasteiger charge is 2.28. The first-order chi connectivity index (χ1) is 21.5. The summed E-state index contributed by atoms with van der Waals surface area (Å²) < 4.78 is 8.11. The molecular formula is C33H37N7O5. The van der Waals surface area contributed by atoms with E-state index in [1.54, 1.807) is 45.0 Å². The zero-order valence-electron chi connectivity index (χ0n) is 25.5. The van der Waals surface area contributed by atoms with Crippen molar-refractivity contribution >= 4 is 51.8 Å². The van der Waals surface area contributed by atoms with Crippen molar-refractivity contribution in [3.63, 3.8) is 0 Å². The van der Waals surface area contributed by atoms with Crippen LogP contribution in [0.3, 0.4) is 0 Å². The molecule has 0 saturated carbocycles. The number of fused-ring (bicyclic) bond motifs is 1. The lowest BCUT2D eigenvalue weighted by molar-refractivity contribution is -0.147. The van der Waals surface area contributed by atoms with Crippen LogP contribution in [0.4, 0.5) is 23.0 Å². The van der Waals surface area contributed by atoms with Crippen molar-refractivity contribution in [3.8, 4) is 11.6 Å². The maximum Gasteiger partial charge on any atom is 0.309 e. The summed E-state index contributed by atoms with van der Waals surface area (Å²) in [5, 5.41) is 19.5. The Bertz CT molecular complexity index is 1730. The number of benzene rings is 2. The van der Waals surface area contributed by atoms with Gasteiger partial charge in [0.25, 0.3) is 0 Å². The molecule has 1 atom stereocenters. The summed E-state index contributed by atoms with van der Waals surface area (Å²) >= 11 is 0. The third-order valence-electron chi connectivity index (χ3n) is 7.78. The predicted octanol–water partition coefficient (Wildman–Crippen LogP) is 5.31. The fourth-order valence-corrected chi connectivity index (χ4v) is 5.14. The molecule has 0 spiro atoms. The van der Waals surface area contributed by atoms with E-state index < -0.39 is 11.4 Å². The zero-order valence-corrected chi connectivity index (χ0v) is 25.5. The maximum atomic E-state index is 12.5. The Morgan fingerprint density at radius 2 is 1.93 bits per heavy atom. The molecule has 45 heavy (non-hydrogen) atoms. The summed E-state index contributed by atoms with van der Waals surface area (Å²) in [6.07, 6.45) is 4.29. The van der Waals surface area contributed by atoms with Crippen LogP contribution in [0, 0.1) is 5.41 Å². The lowest BCUT2D eigenvalue weighted by Crippen LogP contribution is -2.40. The lowest BCUT2D eigenvalue weighted by Gasteiger charge is -2.27. The largest absolute Gasteiger partial charge is 0.481 e. The second-order valence-corrected chi connectivity index (χ2v) is 11.6. The number of carboxylic acid groups (broad SMARTS) is 1. The number of anilines is 4. The van der Waals surface area contributed by atoms with Crippen LogP contribution in [0.1, 0.15) is 33.6 Å². The van der Waals surface area contributed by atoms with Crippen molar-refractivity contribution < 1.29 is 24.2 Å². The number of carbonyl (C=O) groups excluding carboxylic acids is 2. The van der Waals surface area contributed by atoms with Gasteiger partial charge in [-0.15, -0.1) is 0 Å². The van der Waals surface area contributed by atoms with Crippen LogP contribution >= 0.6 is 0 Å². The van der Waals surface area contributed by atoms with Gasteiger partial charge < -0.3 is 35.3 Å². The number of ether oxygens (including phenoxy) is 1. The standard InChI is InChI=1S/C33H37N7O5/c1-5-28(42)35-23-7-6-8-26(19-23)45-30-27-14-17-39(18-15-33(3,4)31(43)44)29(27)37-32(38-30)36-22-9-11-24(12-10-22)40(21(2)41)25-13-16-34-20-25/h5-12,14,17,19,25,34H,1,13,15-16,18,20H2,2-4H3,(H,35,42)(H,43,44)(H,36,37,38). The molecule has 1 aliphatic rings. The van der Waals surface area contributed by atoms with Crippen LogP contribution in [-0.4, -0.2) is 56.6 Å². The van der Waals surface area contributed by atoms with Crippen LogP contribution < -0.4 is 25.6 Å². The second kappa shape index (κ2) is 13.2. The van der Waals surface area contributed by atoms with Gasteiger partial charge in [-0.3, -0.25) is 14.4 Å². The fraction of sp³-hybridized carbons (Fsp3) is 0.303. The Hall–Kier alpha value is -5.23. The Morgan fingerprint density at radius 1 is 1.16 bits per heavy atom. The number of rotatable bonds is 12. The molecule has 1 fully saturated rings. The average Bonchev–Trinajstić information content (AvgIpc) is 3.68. The molecule has 2 aromatic heterocycles. The van der Waals surface area contributed by atoms with Crippen LogP contribution in [-0.2, 0) is 20.9 Å². The van der Waals surface area contributed by atoms with E-state index in [4.69, 9.17) is 9.72 Å². The molecule has 0 radical (unpaired) electrons. The van der Waals surface area contributed by atoms with Crippen molar-refractivity contribution in [2.45, 2.75) is 46.2 Å². The molecule has 2 aromatic carbocycles. The van der Waals surface area contributed by atoms with Gasteiger partial charge in [-0.25, -0.2) is 0 Å². The molecule has 4 N–H and O–H groups in total. The topological polar surface area (TPSA) is 151 Å². The van der Waals surface area contributed by atoms with Gasteiger partial charge in [-0.2, -0.15) is 9.97 Å². The molecular weight excluding hydrogens is 574 g/mol. The number of carboxylic acids is 1. The van der Waals surface area contributed by atoms with Gasteiger partial charge >= 0.3 is 5.97 Å². The number of aromatic nitrogens is 3. The molecule has 12 heteroatoms. The second-order valence-electron chi connectivity index (χ2n) is 11.6. The molecule has 4 aromatic rings. The van der Waals surface area contributed by atoms with E-state index in [0.29, 0.717) is 41.1 Å². The Morgan fingerprint density at radius 3 is 2.60 bits per heavy atom. The summed E-state index contributed by atoms with van der Waals surface area (Å²) in [6, 6.07) is 16.3.